The number of hydrogen-bond acceptors (Lipinski definition) is 5. The van der Waals surface area contributed by atoms with Crippen molar-refractivity contribution < 1.29 is 19.1 Å². The first-order valence-corrected chi connectivity index (χ1v) is 18.7. The van der Waals surface area contributed by atoms with E-state index in [1.54, 1.807) is 6.92 Å². The molecule has 49 heavy (non-hydrogen) atoms. The standard InChI is InChI=1S/C41H54N4O4/c1-4-7-8-9-10-11-12-13-14-15-16-17-18-19-20-29-30-21-25-34(42-30)38(40(46)48-5-2)36-27-23-32(44-36)33-24-28-37(45-33)39(41(47)49-6-3)35-26-22-31(29)43-35/h21-28,42,44-45H,4-20H2,1-3H3. The predicted molar refractivity (Wildman–Crippen MR) is 201 cm³/mol. The predicted octanol–water partition coefficient (Wildman–Crippen LogP) is 11.1. The highest BCUT2D eigenvalue weighted by Gasteiger charge is 2.20. The molecule has 1 aliphatic rings. The van der Waals surface area contributed by atoms with Gasteiger partial charge >= 0.3 is 11.9 Å². The number of carbonyl (C=O) groups is 2. The Morgan fingerprint density at radius 3 is 1.45 bits per heavy atom. The average molecular weight is 667 g/mol. The van der Waals surface area contributed by atoms with Gasteiger partial charge in [-0.15, -0.1) is 0 Å². The summed E-state index contributed by atoms with van der Waals surface area (Å²) in [5.74, 6) is -0.827. The van der Waals surface area contributed by atoms with Crippen LogP contribution >= 0.6 is 0 Å². The number of esters is 2. The number of unbranched alkanes of at least 4 members (excludes halogenated alkanes) is 13. The fraction of sp³-hybridized carbons (Fsp3) is 0.488. The molecule has 0 fully saturated rings. The number of aryl methyl sites for hydroxylation is 1. The van der Waals surface area contributed by atoms with E-state index < -0.39 is 11.9 Å². The average Bonchev–Trinajstić information content (AvgIpc) is 3.92. The second kappa shape index (κ2) is 18.4. The van der Waals surface area contributed by atoms with Gasteiger partial charge in [-0.1, -0.05) is 90.4 Å². The molecule has 0 radical (unpaired) electrons. The number of nitrogens with zero attached hydrogens (tertiary/aromatic N) is 1. The van der Waals surface area contributed by atoms with Crippen molar-refractivity contribution in [3.63, 3.8) is 0 Å². The van der Waals surface area contributed by atoms with Crippen LogP contribution in [0.15, 0.2) is 36.4 Å². The van der Waals surface area contributed by atoms with Gasteiger partial charge in [-0.3, -0.25) is 0 Å². The van der Waals surface area contributed by atoms with Crippen LogP contribution in [0.3, 0.4) is 0 Å². The molecule has 3 N–H and O–H groups in total. The zero-order valence-electron chi connectivity index (χ0n) is 29.7. The molecule has 0 aromatic carbocycles. The first-order chi connectivity index (χ1) is 24.0. The summed E-state index contributed by atoms with van der Waals surface area (Å²) in [5.41, 5.74) is 7.63. The number of H-pyrrole nitrogens is 3. The van der Waals surface area contributed by atoms with Crippen molar-refractivity contribution in [2.45, 2.75) is 117 Å². The fourth-order valence-corrected chi connectivity index (χ4v) is 6.80. The molecule has 0 atom stereocenters. The molecule has 4 aromatic heterocycles. The van der Waals surface area contributed by atoms with Crippen molar-refractivity contribution >= 4 is 57.2 Å². The largest absolute Gasteiger partial charge is 0.462 e. The van der Waals surface area contributed by atoms with Gasteiger partial charge in [0.15, 0.2) is 0 Å². The minimum Gasteiger partial charge on any atom is -0.462 e. The molecule has 8 heteroatoms. The zero-order chi connectivity index (χ0) is 34.4. The number of rotatable bonds is 19. The Morgan fingerprint density at radius 2 is 0.918 bits per heavy atom. The lowest BCUT2D eigenvalue weighted by Gasteiger charge is -2.06. The lowest BCUT2D eigenvalue weighted by atomic mass is 10.0. The monoisotopic (exact) mass is 666 g/mol. The molecular weight excluding hydrogens is 612 g/mol. The van der Waals surface area contributed by atoms with Gasteiger partial charge in [-0.05, 0) is 75.2 Å². The van der Waals surface area contributed by atoms with E-state index in [2.05, 4.69) is 21.9 Å². The van der Waals surface area contributed by atoms with E-state index in [0.29, 0.717) is 33.4 Å². The summed E-state index contributed by atoms with van der Waals surface area (Å²) in [6.45, 7) is 6.42. The van der Waals surface area contributed by atoms with Crippen molar-refractivity contribution in [1.29, 1.82) is 0 Å². The molecule has 0 amide bonds. The maximum absolute atomic E-state index is 13.3. The SMILES string of the molecule is CCCCCCCCCCCCCCCCc1c2nc(c(C(=O)OCC)c3ccc([nH]3)c3ccc([nH]3)c(C(=O)OCC)c3ccc1[nH]3)C=C2. The van der Waals surface area contributed by atoms with E-state index in [0.717, 1.165) is 47.1 Å². The van der Waals surface area contributed by atoms with Crippen LogP contribution in [0, 0.1) is 0 Å². The Kier molecular flexibility index (Phi) is 13.5. The third-order valence-electron chi connectivity index (χ3n) is 9.43. The fourth-order valence-electron chi connectivity index (χ4n) is 6.80. The smallest absolute Gasteiger partial charge is 0.342 e. The summed E-state index contributed by atoms with van der Waals surface area (Å²) >= 11 is 0. The lowest BCUT2D eigenvalue weighted by molar-refractivity contribution is 0.0519. The highest BCUT2D eigenvalue weighted by atomic mass is 16.5. The molecule has 5 heterocycles. The van der Waals surface area contributed by atoms with Gasteiger partial charge in [-0.2, -0.15) is 0 Å². The Labute approximate surface area is 290 Å². The second-order valence-electron chi connectivity index (χ2n) is 13.1. The van der Waals surface area contributed by atoms with Gasteiger partial charge in [0.25, 0.3) is 0 Å². The minimum atomic E-state index is -0.425. The van der Waals surface area contributed by atoms with Gasteiger partial charge in [0.2, 0.25) is 0 Å². The molecule has 0 saturated heterocycles. The quantitative estimate of drug-likeness (QED) is 0.0599. The van der Waals surface area contributed by atoms with Gasteiger partial charge < -0.3 is 24.4 Å². The molecule has 0 unspecified atom stereocenters. The number of fused-ring (bicyclic) bond motifs is 9. The number of ether oxygens (including phenoxy) is 2. The van der Waals surface area contributed by atoms with E-state index in [1.165, 1.54) is 77.0 Å². The number of aromatic nitrogens is 4. The summed E-state index contributed by atoms with van der Waals surface area (Å²) in [6.07, 6.45) is 23.0. The molecule has 1 aliphatic heterocycles. The zero-order valence-corrected chi connectivity index (χ0v) is 29.7. The second-order valence-corrected chi connectivity index (χ2v) is 13.1. The molecule has 0 spiro atoms. The van der Waals surface area contributed by atoms with Crippen LogP contribution < -0.4 is 0 Å². The molecule has 262 valence electrons. The third kappa shape index (κ3) is 9.43. The van der Waals surface area contributed by atoms with Gasteiger partial charge in [0, 0.05) is 11.1 Å². The van der Waals surface area contributed by atoms with Crippen molar-refractivity contribution in [3.8, 4) is 0 Å². The lowest BCUT2D eigenvalue weighted by Crippen LogP contribution is -2.07. The first kappa shape index (κ1) is 36.0. The Balaban J connectivity index is 1.41. The van der Waals surface area contributed by atoms with Crippen molar-refractivity contribution in [3.05, 3.63) is 64.5 Å². The Hall–Kier alpha value is -4.33. The minimum absolute atomic E-state index is 0.262. The van der Waals surface area contributed by atoms with Crippen molar-refractivity contribution in [2.24, 2.45) is 0 Å². The van der Waals surface area contributed by atoms with Gasteiger partial charge in [-0.25, -0.2) is 14.6 Å². The number of hydrogen-bond donors (Lipinski definition) is 3. The highest BCUT2D eigenvalue weighted by Crippen LogP contribution is 2.27. The summed E-state index contributed by atoms with van der Waals surface area (Å²) in [4.78, 5) is 42.0. The van der Waals surface area contributed by atoms with Crippen LogP contribution in [0.25, 0.3) is 45.3 Å². The molecule has 0 saturated carbocycles. The van der Waals surface area contributed by atoms with Crippen LogP contribution in [0.1, 0.15) is 148 Å². The summed E-state index contributed by atoms with van der Waals surface area (Å²) in [6, 6.07) is 11.5. The van der Waals surface area contributed by atoms with Crippen molar-refractivity contribution in [1.82, 2.24) is 19.9 Å². The number of aromatic amines is 3. The van der Waals surface area contributed by atoms with Crippen LogP contribution in [-0.2, 0) is 15.9 Å². The van der Waals surface area contributed by atoms with Gasteiger partial charge in [0.05, 0.1) is 52.2 Å². The third-order valence-corrected chi connectivity index (χ3v) is 9.43. The van der Waals surface area contributed by atoms with Crippen LogP contribution in [0.5, 0.6) is 0 Å². The Morgan fingerprint density at radius 1 is 0.510 bits per heavy atom. The van der Waals surface area contributed by atoms with Crippen molar-refractivity contribution in [2.75, 3.05) is 13.2 Å². The van der Waals surface area contributed by atoms with E-state index in [4.69, 9.17) is 14.5 Å². The number of nitrogens with one attached hydrogen (secondary N) is 3. The van der Waals surface area contributed by atoms with E-state index in [1.807, 2.05) is 55.5 Å². The normalized spacial score (nSPS) is 11.8. The molecular formula is C41H54N4O4. The Bertz CT molecular complexity index is 1840. The molecule has 0 aliphatic carbocycles. The van der Waals surface area contributed by atoms with E-state index in [9.17, 15) is 9.59 Å². The highest BCUT2D eigenvalue weighted by molar-refractivity contribution is 6.05. The molecule has 8 nitrogen and oxygen atoms in total. The van der Waals surface area contributed by atoms with Gasteiger partial charge in [0.1, 0.15) is 11.1 Å². The maximum atomic E-state index is 13.3. The van der Waals surface area contributed by atoms with E-state index in [-0.39, 0.29) is 13.2 Å². The first-order valence-electron chi connectivity index (χ1n) is 18.7. The van der Waals surface area contributed by atoms with Crippen LogP contribution in [-0.4, -0.2) is 45.1 Å². The maximum Gasteiger partial charge on any atom is 0.342 e. The summed E-state index contributed by atoms with van der Waals surface area (Å²) in [7, 11) is 0. The van der Waals surface area contributed by atoms with Crippen LogP contribution in [0.2, 0.25) is 0 Å². The number of carbonyl (C=O) groups excluding carboxylic acids is 2. The summed E-state index contributed by atoms with van der Waals surface area (Å²) < 4.78 is 11.0. The summed E-state index contributed by atoms with van der Waals surface area (Å²) in [5, 5.41) is 0. The van der Waals surface area contributed by atoms with Crippen LogP contribution in [0.4, 0.5) is 0 Å². The van der Waals surface area contributed by atoms with E-state index >= 15 is 0 Å². The topological polar surface area (TPSA) is 113 Å². The molecule has 4 aromatic rings. The molecule has 8 bridgehead atoms. The molecule has 5 rings (SSSR count).